The molecule has 1 aliphatic heterocycles. The average molecular weight is 345 g/mol. The Balaban J connectivity index is 0.000000181. The van der Waals surface area contributed by atoms with Gasteiger partial charge in [0, 0.05) is 35.6 Å². The van der Waals surface area contributed by atoms with Gasteiger partial charge in [-0.3, -0.25) is 4.79 Å². The van der Waals surface area contributed by atoms with Crippen LogP contribution < -0.4 is 11.1 Å². The van der Waals surface area contributed by atoms with Crippen LogP contribution in [0.3, 0.4) is 0 Å². The molecule has 5 nitrogen and oxygen atoms in total. The summed E-state index contributed by atoms with van der Waals surface area (Å²) in [4.78, 5) is 13.1. The Hall–Kier alpha value is -1.72. The number of anilines is 1. The van der Waals surface area contributed by atoms with Crippen molar-refractivity contribution in [1.29, 1.82) is 5.41 Å². The van der Waals surface area contributed by atoms with Gasteiger partial charge in [-0.25, -0.2) is 0 Å². The minimum atomic E-state index is 0.371. The van der Waals surface area contributed by atoms with Gasteiger partial charge in [-0.15, -0.1) is 0 Å². The van der Waals surface area contributed by atoms with Gasteiger partial charge in [0.2, 0.25) is 0 Å². The predicted molar refractivity (Wildman–Crippen MR) is 105 cm³/mol. The van der Waals surface area contributed by atoms with Gasteiger partial charge in [0.1, 0.15) is 6.29 Å². The fourth-order valence-electron chi connectivity index (χ4n) is 3.51. The number of carbonyl (C=O) groups excluding carboxylic acids is 1. The molecule has 0 aromatic heterocycles. The van der Waals surface area contributed by atoms with Crippen LogP contribution in [0.15, 0.2) is 18.2 Å². The van der Waals surface area contributed by atoms with E-state index in [-0.39, 0.29) is 0 Å². The molecule has 2 aliphatic rings. The Morgan fingerprint density at radius 2 is 2.00 bits per heavy atom. The van der Waals surface area contributed by atoms with E-state index < -0.39 is 0 Å². The van der Waals surface area contributed by atoms with Crippen molar-refractivity contribution in [3.63, 3.8) is 0 Å². The highest BCUT2D eigenvalue weighted by atomic mass is 16.1. The Bertz CT molecular complexity index is 589. The second-order valence-electron chi connectivity index (χ2n) is 7.46. The Morgan fingerprint density at radius 1 is 1.32 bits per heavy atom. The van der Waals surface area contributed by atoms with Crippen molar-refractivity contribution in [3.8, 4) is 0 Å². The lowest BCUT2D eigenvalue weighted by molar-refractivity contribution is 0.112. The molecule has 1 saturated carbocycles. The molecule has 0 unspecified atom stereocenters. The zero-order valence-corrected chi connectivity index (χ0v) is 15.6. The summed E-state index contributed by atoms with van der Waals surface area (Å²) in [5.74, 6) is 0. The first-order valence-electron chi connectivity index (χ1n) is 9.27. The van der Waals surface area contributed by atoms with Crippen molar-refractivity contribution >= 4 is 17.7 Å². The summed E-state index contributed by atoms with van der Waals surface area (Å²) in [6, 6.07) is 4.89. The van der Waals surface area contributed by atoms with E-state index in [1.165, 1.54) is 58.3 Å². The molecule has 0 radical (unpaired) electrons. The van der Waals surface area contributed by atoms with Crippen LogP contribution in [0.2, 0.25) is 0 Å². The van der Waals surface area contributed by atoms with Crippen LogP contribution in [0.25, 0.3) is 0 Å². The van der Waals surface area contributed by atoms with Crippen LogP contribution in [0.5, 0.6) is 0 Å². The monoisotopic (exact) mass is 344 g/mol. The molecule has 1 aliphatic carbocycles. The van der Waals surface area contributed by atoms with Gasteiger partial charge in [0.25, 0.3) is 0 Å². The number of hydrogen-bond acceptors (Lipinski definition) is 5. The van der Waals surface area contributed by atoms with Crippen LogP contribution in [-0.4, -0.2) is 50.1 Å². The molecule has 138 valence electrons. The fourth-order valence-corrected chi connectivity index (χ4v) is 3.51. The predicted octanol–water partition coefficient (Wildman–Crippen LogP) is 2.94. The maximum Gasteiger partial charge on any atom is 0.150 e. The second kappa shape index (κ2) is 9.11. The molecular formula is C20H32N4O. The number of benzene rings is 1. The van der Waals surface area contributed by atoms with Gasteiger partial charge >= 0.3 is 0 Å². The molecule has 0 atom stereocenters. The van der Waals surface area contributed by atoms with E-state index in [1.807, 2.05) is 0 Å². The molecule has 2 fully saturated rings. The highest BCUT2D eigenvalue weighted by Crippen LogP contribution is 2.45. The highest BCUT2D eigenvalue weighted by Gasteiger charge is 2.43. The molecular weight excluding hydrogens is 312 g/mol. The number of aldehydes is 1. The minimum absolute atomic E-state index is 0.371. The van der Waals surface area contributed by atoms with E-state index in [0.717, 1.165) is 6.29 Å². The maximum absolute atomic E-state index is 10.4. The summed E-state index contributed by atoms with van der Waals surface area (Å²) < 4.78 is 0. The van der Waals surface area contributed by atoms with Gasteiger partial charge < -0.3 is 21.4 Å². The third kappa shape index (κ3) is 5.94. The third-order valence-electron chi connectivity index (χ3n) is 5.13. The molecule has 1 aromatic rings. The van der Waals surface area contributed by atoms with Crippen molar-refractivity contribution in [2.24, 2.45) is 5.41 Å². The summed E-state index contributed by atoms with van der Waals surface area (Å²) in [5, 5.41) is 10.7. The topological polar surface area (TPSA) is 82.2 Å². The number of hydrogen-bond donors (Lipinski definition) is 3. The van der Waals surface area contributed by atoms with Crippen molar-refractivity contribution in [2.75, 3.05) is 39.0 Å². The van der Waals surface area contributed by atoms with E-state index in [1.54, 1.807) is 25.1 Å². The number of piperidine rings is 1. The lowest BCUT2D eigenvalue weighted by Crippen LogP contribution is -2.38. The first-order valence-corrected chi connectivity index (χ1v) is 9.27. The quantitative estimate of drug-likeness (QED) is 0.421. The number of nitrogens with two attached hydrogens (primary N) is 1. The van der Waals surface area contributed by atoms with Crippen LogP contribution >= 0.6 is 0 Å². The van der Waals surface area contributed by atoms with Crippen molar-refractivity contribution in [1.82, 2.24) is 10.2 Å². The second-order valence-corrected chi connectivity index (χ2v) is 7.46. The standard InChI is InChI=1S/C11H22N2.C9H10N2O/c1-12-9-11(5-6-11)10-13-7-3-2-4-8-13;1-6(10)8-4-7(5-12)2-3-9(8)11/h12H,2-10H2,1H3;2-5,10H,11H2,1H3. The number of nitrogens with zero attached hydrogens (tertiary/aromatic N) is 1. The summed E-state index contributed by atoms with van der Waals surface area (Å²) >= 11 is 0. The zero-order valence-electron chi connectivity index (χ0n) is 15.6. The number of carbonyl (C=O) groups is 1. The molecule has 0 spiro atoms. The summed E-state index contributed by atoms with van der Waals surface area (Å²) in [6.07, 6.45) is 7.95. The molecule has 0 bridgehead atoms. The lowest BCUT2D eigenvalue weighted by atomic mass is 10.0. The number of likely N-dealkylation sites (tertiary alicyclic amines) is 1. The van der Waals surface area contributed by atoms with Gasteiger partial charge in [-0.2, -0.15) is 0 Å². The zero-order chi connectivity index (χ0) is 18.3. The number of rotatable bonds is 6. The molecule has 0 amide bonds. The molecule has 1 saturated heterocycles. The Labute approximate surface area is 151 Å². The van der Waals surface area contributed by atoms with Crippen molar-refractivity contribution in [2.45, 2.75) is 39.0 Å². The molecule has 1 aromatic carbocycles. The van der Waals surface area contributed by atoms with E-state index in [9.17, 15) is 4.79 Å². The molecule has 5 heteroatoms. The smallest absolute Gasteiger partial charge is 0.150 e. The summed E-state index contributed by atoms with van der Waals surface area (Å²) in [5.41, 5.74) is 8.34. The van der Waals surface area contributed by atoms with Crippen LogP contribution in [0.1, 0.15) is 54.9 Å². The van der Waals surface area contributed by atoms with Gasteiger partial charge in [-0.05, 0) is 76.4 Å². The van der Waals surface area contributed by atoms with Crippen LogP contribution in [0, 0.1) is 10.8 Å². The Kier molecular flexibility index (Phi) is 7.14. The number of nitrogens with one attached hydrogen (secondary N) is 2. The van der Waals surface area contributed by atoms with E-state index in [0.29, 0.717) is 27.9 Å². The lowest BCUT2D eigenvalue weighted by Gasteiger charge is -2.30. The van der Waals surface area contributed by atoms with Crippen LogP contribution in [-0.2, 0) is 0 Å². The van der Waals surface area contributed by atoms with Crippen molar-refractivity contribution < 1.29 is 4.79 Å². The number of nitrogen functional groups attached to an aromatic ring is 1. The maximum atomic E-state index is 10.4. The molecule has 1 heterocycles. The molecule has 25 heavy (non-hydrogen) atoms. The van der Waals surface area contributed by atoms with Gasteiger partial charge in [0.05, 0.1) is 0 Å². The summed E-state index contributed by atoms with van der Waals surface area (Å²) in [7, 11) is 2.08. The van der Waals surface area contributed by atoms with Gasteiger partial charge in [0.15, 0.2) is 0 Å². The normalized spacial score (nSPS) is 18.8. The van der Waals surface area contributed by atoms with E-state index in [2.05, 4.69) is 17.3 Å². The summed E-state index contributed by atoms with van der Waals surface area (Å²) in [6.45, 7) is 6.93. The first kappa shape index (κ1) is 19.6. The highest BCUT2D eigenvalue weighted by molar-refractivity contribution is 6.02. The fraction of sp³-hybridized carbons (Fsp3) is 0.600. The Morgan fingerprint density at radius 3 is 2.52 bits per heavy atom. The average Bonchev–Trinajstić information content (AvgIpc) is 3.36. The SMILES string of the molecule is CC(=N)c1cc(C=O)ccc1N.CNCC1(CN2CCCCC2)CC1. The largest absolute Gasteiger partial charge is 0.398 e. The molecule has 4 N–H and O–H groups in total. The van der Waals surface area contributed by atoms with Crippen LogP contribution in [0.4, 0.5) is 5.69 Å². The van der Waals surface area contributed by atoms with E-state index in [4.69, 9.17) is 11.1 Å². The van der Waals surface area contributed by atoms with E-state index >= 15 is 0 Å². The molecule has 3 rings (SSSR count). The van der Waals surface area contributed by atoms with Gasteiger partial charge in [-0.1, -0.05) is 6.42 Å². The first-order chi connectivity index (χ1) is 12.0. The van der Waals surface area contributed by atoms with Crippen molar-refractivity contribution in [3.05, 3.63) is 29.3 Å². The third-order valence-corrected chi connectivity index (χ3v) is 5.13. The minimum Gasteiger partial charge on any atom is -0.398 e.